The molecule has 0 saturated heterocycles. The molecular weight excluding hydrogens is 232 g/mol. The van der Waals surface area contributed by atoms with Gasteiger partial charge in [-0.3, -0.25) is 0 Å². The molecule has 0 saturated carbocycles. The van der Waals surface area contributed by atoms with E-state index in [1.165, 1.54) is 11.9 Å². The SMILES string of the molecule is CCCOc1nc(N)nc(N(C)CC(F)F)n1. The molecule has 0 radical (unpaired) electrons. The fourth-order valence-electron chi connectivity index (χ4n) is 1.08. The summed E-state index contributed by atoms with van der Waals surface area (Å²) in [4.78, 5) is 12.6. The Bertz CT molecular complexity index is 363. The van der Waals surface area contributed by atoms with Crippen LogP contribution in [0, 0.1) is 0 Å². The lowest BCUT2D eigenvalue weighted by Crippen LogP contribution is -2.26. The molecule has 1 aromatic rings. The Morgan fingerprint density at radius 1 is 1.35 bits per heavy atom. The van der Waals surface area contributed by atoms with E-state index < -0.39 is 13.0 Å². The van der Waals surface area contributed by atoms with Crippen molar-refractivity contribution in [3.8, 4) is 6.01 Å². The van der Waals surface area contributed by atoms with Crippen LogP contribution in [0.3, 0.4) is 0 Å². The van der Waals surface area contributed by atoms with Gasteiger partial charge < -0.3 is 15.4 Å². The number of rotatable bonds is 6. The maximum Gasteiger partial charge on any atom is 0.323 e. The third-order valence-corrected chi connectivity index (χ3v) is 1.81. The van der Waals surface area contributed by atoms with Crippen molar-refractivity contribution in [1.29, 1.82) is 0 Å². The normalized spacial score (nSPS) is 10.6. The second-order valence-electron chi connectivity index (χ2n) is 3.40. The largest absolute Gasteiger partial charge is 0.463 e. The first-order valence-electron chi connectivity index (χ1n) is 5.16. The summed E-state index contributed by atoms with van der Waals surface area (Å²) < 4.78 is 29.6. The molecule has 8 heteroatoms. The molecule has 96 valence electrons. The highest BCUT2D eigenvalue weighted by molar-refractivity contribution is 5.34. The number of nitrogens with two attached hydrogens (primary N) is 1. The average Bonchev–Trinajstić information content (AvgIpc) is 2.24. The molecule has 0 aromatic carbocycles. The van der Waals surface area contributed by atoms with Crippen molar-refractivity contribution in [3.05, 3.63) is 0 Å². The Labute approximate surface area is 97.8 Å². The van der Waals surface area contributed by atoms with Gasteiger partial charge in [-0.05, 0) is 6.42 Å². The van der Waals surface area contributed by atoms with Crippen molar-refractivity contribution in [1.82, 2.24) is 15.0 Å². The molecule has 0 amide bonds. The van der Waals surface area contributed by atoms with E-state index in [2.05, 4.69) is 15.0 Å². The predicted octanol–water partition coefficient (Wildman–Crippen LogP) is 0.944. The Kier molecular flexibility index (Phi) is 4.80. The van der Waals surface area contributed by atoms with Gasteiger partial charge in [-0.2, -0.15) is 15.0 Å². The lowest BCUT2D eigenvalue weighted by Gasteiger charge is -2.16. The van der Waals surface area contributed by atoms with Crippen molar-refractivity contribution < 1.29 is 13.5 Å². The zero-order chi connectivity index (χ0) is 12.8. The Hall–Kier alpha value is -1.73. The number of halogens is 2. The van der Waals surface area contributed by atoms with Crippen LogP contribution in [0.25, 0.3) is 0 Å². The van der Waals surface area contributed by atoms with Gasteiger partial charge in [0.1, 0.15) is 0 Å². The second kappa shape index (κ2) is 6.12. The number of anilines is 2. The van der Waals surface area contributed by atoms with Gasteiger partial charge in [-0.1, -0.05) is 6.92 Å². The van der Waals surface area contributed by atoms with Gasteiger partial charge in [-0.25, -0.2) is 8.78 Å². The summed E-state index contributed by atoms with van der Waals surface area (Å²) in [6, 6.07) is 0.0514. The molecule has 0 spiro atoms. The topological polar surface area (TPSA) is 77.2 Å². The minimum absolute atomic E-state index is 0.0514. The molecule has 0 fully saturated rings. The van der Waals surface area contributed by atoms with Crippen molar-refractivity contribution in [2.24, 2.45) is 0 Å². The first-order valence-corrected chi connectivity index (χ1v) is 5.16. The number of aromatic nitrogens is 3. The van der Waals surface area contributed by atoms with Gasteiger partial charge in [0.05, 0.1) is 13.2 Å². The van der Waals surface area contributed by atoms with Gasteiger partial charge in [0.15, 0.2) is 0 Å². The highest BCUT2D eigenvalue weighted by Gasteiger charge is 2.13. The minimum Gasteiger partial charge on any atom is -0.463 e. The fraction of sp³-hybridized carbons (Fsp3) is 0.667. The van der Waals surface area contributed by atoms with E-state index >= 15 is 0 Å². The minimum atomic E-state index is -2.47. The van der Waals surface area contributed by atoms with Gasteiger partial charge in [0, 0.05) is 7.05 Å². The number of nitrogen functional groups attached to an aromatic ring is 1. The number of alkyl halides is 2. The van der Waals surface area contributed by atoms with Crippen LogP contribution in [0.2, 0.25) is 0 Å². The van der Waals surface area contributed by atoms with E-state index in [9.17, 15) is 8.78 Å². The Balaban J connectivity index is 2.80. The molecule has 2 N–H and O–H groups in total. The molecule has 0 aliphatic heterocycles. The first kappa shape index (κ1) is 13.3. The third-order valence-electron chi connectivity index (χ3n) is 1.81. The number of hydrogen-bond acceptors (Lipinski definition) is 6. The number of ether oxygens (including phenoxy) is 1. The Morgan fingerprint density at radius 3 is 2.65 bits per heavy atom. The van der Waals surface area contributed by atoms with E-state index in [1.54, 1.807) is 0 Å². The van der Waals surface area contributed by atoms with E-state index in [0.717, 1.165) is 6.42 Å². The summed E-state index contributed by atoms with van der Waals surface area (Å²) in [5, 5.41) is 0. The highest BCUT2D eigenvalue weighted by Crippen LogP contribution is 2.13. The smallest absolute Gasteiger partial charge is 0.323 e. The molecule has 0 bridgehead atoms. The van der Waals surface area contributed by atoms with E-state index in [1.807, 2.05) is 6.92 Å². The molecule has 1 heterocycles. The highest BCUT2D eigenvalue weighted by atomic mass is 19.3. The quantitative estimate of drug-likeness (QED) is 0.806. The van der Waals surface area contributed by atoms with Crippen LogP contribution in [0.15, 0.2) is 0 Å². The van der Waals surface area contributed by atoms with Crippen LogP contribution in [-0.4, -0.2) is 41.6 Å². The molecule has 0 aliphatic carbocycles. The second-order valence-corrected chi connectivity index (χ2v) is 3.40. The summed E-state index contributed by atoms with van der Waals surface area (Å²) in [7, 11) is 1.45. The standard InChI is InChI=1S/C9H15F2N5O/c1-3-4-17-9-14-7(12)13-8(15-9)16(2)5-6(10)11/h6H,3-5H2,1-2H3,(H2,12,13,14,15). The van der Waals surface area contributed by atoms with Gasteiger partial charge in [0.25, 0.3) is 6.43 Å². The lowest BCUT2D eigenvalue weighted by atomic mass is 10.5. The zero-order valence-corrected chi connectivity index (χ0v) is 9.73. The molecule has 6 nitrogen and oxygen atoms in total. The lowest BCUT2D eigenvalue weighted by molar-refractivity contribution is 0.156. The molecule has 0 aliphatic rings. The predicted molar refractivity (Wildman–Crippen MR) is 59.3 cm³/mol. The monoisotopic (exact) mass is 247 g/mol. The zero-order valence-electron chi connectivity index (χ0n) is 9.73. The summed E-state index contributed by atoms with van der Waals surface area (Å²) >= 11 is 0. The van der Waals surface area contributed by atoms with Gasteiger partial charge in [0.2, 0.25) is 11.9 Å². The molecule has 1 rings (SSSR count). The van der Waals surface area contributed by atoms with E-state index in [4.69, 9.17) is 10.5 Å². The van der Waals surface area contributed by atoms with Crippen LogP contribution in [0.4, 0.5) is 20.7 Å². The molecule has 1 aromatic heterocycles. The van der Waals surface area contributed by atoms with Crippen molar-refractivity contribution in [2.45, 2.75) is 19.8 Å². The summed E-state index contributed by atoms with van der Waals surface area (Å²) in [6.07, 6.45) is -1.69. The summed E-state index contributed by atoms with van der Waals surface area (Å²) in [5.41, 5.74) is 5.44. The van der Waals surface area contributed by atoms with Crippen LogP contribution < -0.4 is 15.4 Å². The van der Waals surface area contributed by atoms with Crippen molar-refractivity contribution >= 4 is 11.9 Å². The fourth-order valence-corrected chi connectivity index (χ4v) is 1.08. The molecular formula is C9H15F2N5O. The molecule has 0 atom stereocenters. The average molecular weight is 247 g/mol. The van der Waals surface area contributed by atoms with Crippen LogP contribution >= 0.6 is 0 Å². The Morgan fingerprint density at radius 2 is 2.06 bits per heavy atom. The van der Waals surface area contributed by atoms with E-state index in [-0.39, 0.29) is 17.9 Å². The number of nitrogens with zero attached hydrogens (tertiary/aromatic N) is 4. The van der Waals surface area contributed by atoms with Crippen LogP contribution in [0.1, 0.15) is 13.3 Å². The van der Waals surface area contributed by atoms with Crippen molar-refractivity contribution in [2.75, 3.05) is 30.8 Å². The first-order chi connectivity index (χ1) is 8.02. The molecule has 17 heavy (non-hydrogen) atoms. The maximum atomic E-state index is 12.2. The van der Waals surface area contributed by atoms with E-state index in [0.29, 0.717) is 6.61 Å². The van der Waals surface area contributed by atoms with Gasteiger partial charge in [-0.15, -0.1) is 0 Å². The maximum absolute atomic E-state index is 12.2. The van der Waals surface area contributed by atoms with Gasteiger partial charge >= 0.3 is 6.01 Å². The summed E-state index contributed by atoms with van der Waals surface area (Å²) in [6.45, 7) is 1.88. The summed E-state index contributed by atoms with van der Waals surface area (Å²) in [5.74, 6) is 0.0196. The van der Waals surface area contributed by atoms with Crippen LogP contribution in [0.5, 0.6) is 6.01 Å². The third kappa shape index (κ3) is 4.33. The van der Waals surface area contributed by atoms with Crippen LogP contribution in [-0.2, 0) is 0 Å². The number of hydrogen-bond donors (Lipinski definition) is 1. The van der Waals surface area contributed by atoms with Crippen molar-refractivity contribution in [3.63, 3.8) is 0 Å². The molecule has 0 unspecified atom stereocenters.